The predicted octanol–water partition coefficient (Wildman–Crippen LogP) is 0.113. The van der Waals surface area contributed by atoms with Crippen molar-refractivity contribution >= 4 is 18.2 Å². The van der Waals surface area contributed by atoms with Gasteiger partial charge in [0.2, 0.25) is 5.76 Å². The van der Waals surface area contributed by atoms with Crippen LogP contribution in [-0.4, -0.2) is 33.5 Å². The molecule has 6 nitrogen and oxygen atoms in total. The predicted molar refractivity (Wildman–Crippen MR) is 44.7 cm³/mol. The topological polar surface area (TPSA) is 112 Å². The molecule has 0 aliphatic rings. The summed E-state index contributed by atoms with van der Waals surface area (Å²) in [5, 5.41) is 25.1. The second kappa shape index (κ2) is 5.52. The summed E-state index contributed by atoms with van der Waals surface area (Å²) in [5.41, 5.74) is -0.134. The van der Waals surface area contributed by atoms with E-state index in [1.807, 2.05) is 0 Å². The molecule has 0 fully saturated rings. The summed E-state index contributed by atoms with van der Waals surface area (Å²) in [6, 6.07) is 0. The lowest BCUT2D eigenvalue weighted by atomic mass is 10.2. The second-order valence-electron chi connectivity index (χ2n) is 2.29. The number of carbonyl (C=O) groups excluding carboxylic acids is 1. The van der Waals surface area contributed by atoms with E-state index in [0.29, 0.717) is 0 Å². The molecule has 0 aromatic rings. The Kier molecular flexibility index (Phi) is 4.69. The van der Waals surface area contributed by atoms with E-state index in [0.717, 1.165) is 12.2 Å². The monoisotopic (exact) mass is 200 g/mol. The van der Waals surface area contributed by atoms with Gasteiger partial charge in [0.25, 0.3) is 0 Å². The molecule has 0 aliphatic heterocycles. The first kappa shape index (κ1) is 11.9. The van der Waals surface area contributed by atoms with Crippen LogP contribution < -0.4 is 0 Å². The highest BCUT2D eigenvalue weighted by Crippen LogP contribution is 1.99. The van der Waals surface area contributed by atoms with Crippen molar-refractivity contribution in [1.82, 2.24) is 0 Å². The zero-order chi connectivity index (χ0) is 11.1. The molecule has 0 aliphatic carbocycles. The van der Waals surface area contributed by atoms with Crippen molar-refractivity contribution < 1.29 is 29.7 Å². The second-order valence-corrected chi connectivity index (χ2v) is 2.29. The Labute approximate surface area is 78.8 Å². The van der Waals surface area contributed by atoms with Gasteiger partial charge >= 0.3 is 11.9 Å². The Bertz CT molecular complexity index is 312. The molecule has 0 saturated carbocycles. The van der Waals surface area contributed by atoms with E-state index in [9.17, 15) is 14.4 Å². The van der Waals surface area contributed by atoms with Crippen LogP contribution in [0.15, 0.2) is 23.5 Å². The van der Waals surface area contributed by atoms with E-state index in [1.54, 1.807) is 0 Å². The maximum Gasteiger partial charge on any atom is 0.370 e. The molecule has 0 aromatic carbocycles. The van der Waals surface area contributed by atoms with Gasteiger partial charge in [-0.25, -0.2) is 4.79 Å². The van der Waals surface area contributed by atoms with Crippen LogP contribution in [0.4, 0.5) is 0 Å². The molecule has 0 heterocycles. The van der Waals surface area contributed by atoms with Crippen LogP contribution in [0, 0.1) is 0 Å². The molecule has 0 rings (SSSR count). The quantitative estimate of drug-likeness (QED) is 0.251. The fraction of sp³-hybridized carbons (Fsp3) is 0.125. The lowest BCUT2D eigenvalue weighted by Gasteiger charge is -1.92. The number of rotatable bonds is 5. The zero-order valence-electron chi connectivity index (χ0n) is 7.01. The normalized spacial score (nSPS) is 12.3. The van der Waals surface area contributed by atoms with Crippen molar-refractivity contribution in [2.75, 3.05) is 0 Å². The summed E-state index contributed by atoms with van der Waals surface area (Å²) < 4.78 is 0. The van der Waals surface area contributed by atoms with Gasteiger partial charge < -0.3 is 15.3 Å². The van der Waals surface area contributed by atoms with Gasteiger partial charge in [-0.15, -0.1) is 0 Å². The summed E-state index contributed by atoms with van der Waals surface area (Å²) in [5.74, 6) is -3.73. The number of aliphatic hydroxyl groups is 1. The average Bonchev–Trinajstić information content (AvgIpc) is 2.10. The van der Waals surface area contributed by atoms with E-state index in [4.69, 9.17) is 15.3 Å². The number of carboxylic acids is 2. The Morgan fingerprint density at radius 2 is 1.64 bits per heavy atom. The van der Waals surface area contributed by atoms with Gasteiger partial charge in [0, 0.05) is 5.57 Å². The average molecular weight is 200 g/mol. The van der Waals surface area contributed by atoms with Crippen LogP contribution in [0.1, 0.15) is 6.42 Å². The molecule has 0 unspecified atom stereocenters. The van der Waals surface area contributed by atoms with E-state index >= 15 is 0 Å². The molecule has 0 saturated heterocycles. The highest BCUT2D eigenvalue weighted by molar-refractivity contribution is 5.86. The van der Waals surface area contributed by atoms with Crippen LogP contribution in [0.5, 0.6) is 0 Å². The molecule has 0 aromatic heterocycles. The first-order valence-electron chi connectivity index (χ1n) is 3.47. The number of carbonyl (C=O) groups is 3. The summed E-state index contributed by atoms with van der Waals surface area (Å²) in [7, 11) is 0. The van der Waals surface area contributed by atoms with Crippen LogP contribution in [0.2, 0.25) is 0 Å². The molecule has 0 bridgehead atoms. The largest absolute Gasteiger partial charge is 0.502 e. The molecule has 0 amide bonds. The number of carboxylic acid groups (broad SMARTS) is 2. The van der Waals surface area contributed by atoms with Crippen LogP contribution in [-0.2, 0) is 14.4 Å². The van der Waals surface area contributed by atoms with Gasteiger partial charge in [0.05, 0.1) is 6.42 Å². The Morgan fingerprint density at radius 3 is 2.00 bits per heavy atom. The van der Waals surface area contributed by atoms with Crippen molar-refractivity contribution in [3.63, 3.8) is 0 Å². The Morgan fingerprint density at radius 1 is 1.07 bits per heavy atom. The van der Waals surface area contributed by atoms with Gasteiger partial charge in [-0.05, 0) is 6.08 Å². The maximum absolute atomic E-state index is 10.2. The zero-order valence-corrected chi connectivity index (χ0v) is 7.01. The Hall–Kier alpha value is -2.11. The van der Waals surface area contributed by atoms with Gasteiger partial charge in [0.15, 0.2) is 0 Å². The van der Waals surface area contributed by atoms with Crippen LogP contribution in [0.25, 0.3) is 0 Å². The van der Waals surface area contributed by atoms with Gasteiger partial charge in [-0.2, -0.15) is 0 Å². The minimum Gasteiger partial charge on any atom is -0.502 e. The van der Waals surface area contributed by atoms with E-state index in [2.05, 4.69) is 0 Å². The Balaban J connectivity index is 4.61. The van der Waals surface area contributed by atoms with Gasteiger partial charge in [-0.3, -0.25) is 9.59 Å². The first-order chi connectivity index (χ1) is 6.47. The number of aldehydes is 1. The molecule has 14 heavy (non-hydrogen) atoms. The third kappa shape index (κ3) is 4.70. The number of hydrogen-bond donors (Lipinski definition) is 3. The number of aliphatic hydroxyl groups excluding tert-OH is 1. The van der Waals surface area contributed by atoms with E-state index < -0.39 is 24.1 Å². The van der Waals surface area contributed by atoms with Crippen LogP contribution >= 0.6 is 0 Å². The molecule has 0 atom stereocenters. The highest BCUT2D eigenvalue weighted by atomic mass is 16.4. The van der Waals surface area contributed by atoms with Gasteiger partial charge in [-0.1, -0.05) is 6.08 Å². The molecule has 0 spiro atoms. The van der Waals surface area contributed by atoms with Gasteiger partial charge in [0.1, 0.15) is 6.29 Å². The van der Waals surface area contributed by atoms with Crippen molar-refractivity contribution in [2.45, 2.75) is 6.42 Å². The molecule has 6 heteroatoms. The van der Waals surface area contributed by atoms with Crippen LogP contribution in [0.3, 0.4) is 0 Å². The van der Waals surface area contributed by atoms with E-state index in [1.165, 1.54) is 0 Å². The van der Waals surface area contributed by atoms with Crippen molar-refractivity contribution in [3.05, 3.63) is 23.5 Å². The number of allylic oxidation sites excluding steroid dienone is 2. The van der Waals surface area contributed by atoms with Crippen molar-refractivity contribution in [1.29, 1.82) is 0 Å². The number of hydrogen-bond acceptors (Lipinski definition) is 4. The standard InChI is InChI=1S/C8H8O6/c9-4-5(3-7(11)12)1-2-6(10)8(13)14/h1-2,4,10H,3H2,(H,11,12)(H,13,14)/b5-1+,6-2-. The molecular formula is C8H8O6. The summed E-state index contributed by atoms with van der Waals surface area (Å²) >= 11 is 0. The smallest absolute Gasteiger partial charge is 0.370 e. The lowest BCUT2D eigenvalue weighted by molar-refractivity contribution is -0.137. The number of aliphatic carboxylic acids is 2. The molecular weight excluding hydrogens is 192 g/mol. The summed E-state index contributed by atoms with van der Waals surface area (Å²) in [6.45, 7) is 0. The fourth-order valence-corrected chi connectivity index (χ4v) is 0.572. The highest BCUT2D eigenvalue weighted by Gasteiger charge is 2.04. The third-order valence-electron chi connectivity index (χ3n) is 1.18. The maximum atomic E-state index is 10.2. The summed E-state index contributed by atoms with van der Waals surface area (Å²) in [4.78, 5) is 30.5. The molecule has 0 radical (unpaired) electrons. The minimum atomic E-state index is -1.55. The van der Waals surface area contributed by atoms with Crippen molar-refractivity contribution in [2.24, 2.45) is 0 Å². The minimum absolute atomic E-state index is 0.134. The van der Waals surface area contributed by atoms with E-state index in [-0.39, 0.29) is 11.9 Å². The first-order valence-corrected chi connectivity index (χ1v) is 3.47. The lowest BCUT2D eigenvalue weighted by Crippen LogP contribution is -2.00. The molecule has 76 valence electrons. The third-order valence-corrected chi connectivity index (χ3v) is 1.18. The SMILES string of the molecule is O=C/C(=C/C=C(\O)C(=O)O)CC(=O)O. The fourth-order valence-electron chi connectivity index (χ4n) is 0.572. The van der Waals surface area contributed by atoms with Crippen molar-refractivity contribution in [3.8, 4) is 0 Å². The molecule has 3 N–H and O–H groups in total. The summed E-state index contributed by atoms with van der Waals surface area (Å²) in [6.07, 6.45) is 1.44.